The Bertz CT molecular complexity index is 940. The molecule has 1 aromatic heterocycles. The summed E-state index contributed by atoms with van der Waals surface area (Å²) in [6.45, 7) is 2.89. The van der Waals surface area contributed by atoms with E-state index in [2.05, 4.69) is 5.32 Å². The molecule has 0 bridgehead atoms. The van der Waals surface area contributed by atoms with Crippen molar-refractivity contribution in [2.24, 2.45) is 11.8 Å². The van der Waals surface area contributed by atoms with Crippen LogP contribution in [0.15, 0.2) is 40.6 Å². The summed E-state index contributed by atoms with van der Waals surface area (Å²) in [5.41, 5.74) is 0.705. The zero-order valence-electron chi connectivity index (χ0n) is 15.4. The predicted octanol–water partition coefficient (Wildman–Crippen LogP) is 3.89. The minimum absolute atomic E-state index is 0.101. The Balaban J connectivity index is 1.53. The summed E-state index contributed by atoms with van der Waals surface area (Å²) < 4.78 is 40.7. The molecule has 1 aromatic carbocycles. The molecule has 0 unspecified atom stereocenters. The van der Waals surface area contributed by atoms with Gasteiger partial charge in [0, 0.05) is 25.6 Å². The van der Waals surface area contributed by atoms with Gasteiger partial charge in [0.15, 0.2) is 0 Å². The molecular formula is C19H22ClFN2O3S2. The van der Waals surface area contributed by atoms with E-state index in [4.69, 9.17) is 11.6 Å². The van der Waals surface area contributed by atoms with Crippen LogP contribution in [-0.4, -0.2) is 31.7 Å². The van der Waals surface area contributed by atoms with Crippen LogP contribution in [-0.2, 0) is 21.4 Å². The van der Waals surface area contributed by atoms with E-state index in [0.717, 1.165) is 11.3 Å². The highest BCUT2D eigenvalue weighted by Gasteiger charge is 2.34. The van der Waals surface area contributed by atoms with E-state index in [0.29, 0.717) is 35.8 Å². The molecule has 9 heteroatoms. The third kappa shape index (κ3) is 4.92. The Labute approximate surface area is 173 Å². The summed E-state index contributed by atoms with van der Waals surface area (Å²) in [5, 5.41) is 2.84. The maximum Gasteiger partial charge on any atom is 0.252 e. The molecule has 0 aliphatic carbocycles. The SMILES string of the molecule is C[C@H](C(=O)NCc1cccc(F)c1)C1CCN(S(=O)(=O)c2ccc(Cl)s2)CC1. The topological polar surface area (TPSA) is 66.5 Å². The second-order valence-corrected chi connectivity index (χ2v) is 10.8. The average molecular weight is 445 g/mol. The minimum Gasteiger partial charge on any atom is -0.352 e. The second kappa shape index (κ2) is 8.90. The van der Waals surface area contributed by atoms with Crippen LogP contribution >= 0.6 is 22.9 Å². The standard InChI is InChI=1S/C19H22ClFN2O3S2/c1-13(19(24)22-12-14-3-2-4-16(21)11-14)15-7-9-23(10-8-15)28(25,26)18-6-5-17(20)27-18/h2-6,11,13,15H,7-10,12H2,1H3,(H,22,24)/t13-/m0/s1. The fourth-order valence-corrected chi connectivity index (χ4v) is 6.50. The van der Waals surface area contributed by atoms with E-state index in [1.165, 1.54) is 22.5 Å². The van der Waals surface area contributed by atoms with Crippen molar-refractivity contribution in [2.45, 2.75) is 30.5 Å². The van der Waals surface area contributed by atoms with Gasteiger partial charge in [-0.05, 0) is 48.6 Å². The van der Waals surface area contributed by atoms with Crippen molar-refractivity contribution in [1.82, 2.24) is 9.62 Å². The van der Waals surface area contributed by atoms with E-state index >= 15 is 0 Å². The van der Waals surface area contributed by atoms with Crippen molar-refractivity contribution >= 4 is 38.9 Å². The number of piperidine rings is 1. The molecule has 1 atom stereocenters. The number of benzene rings is 1. The first-order valence-corrected chi connectivity index (χ1v) is 11.7. The van der Waals surface area contributed by atoms with Gasteiger partial charge in [0.25, 0.3) is 10.0 Å². The number of sulfonamides is 1. The maximum absolute atomic E-state index is 13.2. The number of rotatable bonds is 6. The third-order valence-electron chi connectivity index (χ3n) is 5.12. The molecule has 3 rings (SSSR count). The highest BCUT2D eigenvalue weighted by molar-refractivity contribution is 7.91. The molecule has 2 aromatic rings. The van der Waals surface area contributed by atoms with Crippen LogP contribution in [0.4, 0.5) is 4.39 Å². The molecule has 5 nitrogen and oxygen atoms in total. The number of nitrogens with one attached hydrogen (secondary N) is 1. The Kier molecular flexibility index (Phi) is 6.75. The summed E-state index contributed by atoms with van der Waals surface area (Å²) in [6.07, 6.45) is 1.24. The molecule has 28 heavy (non-hydrogen) atoms. The number of amides is 1. The molecule has 152 valence electrons. The van der Waals surface area contributed by atoms with Gasteiger partial charge in [-0.25, -0.2) is 12.8 Å². The highest BCUT2D eigenvalue weighted by Crippen LogP contribution is 2.32. The van der Waals surface area contributed by atoms with Crippen LogP contribution in [0.1, 0.15) is 25.3 Å². The minimum atomic E-state index is -3.53. The lowest BCUT2D eigenvalue weighted by atomic mass is 9.85. The normalized spacial score (nSPS) is 17.4. The Morgan fingerprint density at radius 1 is 1.32 bits per heavy atom. The summed E-state index contributed by atoms with van der Waals surface area (Å²) in [7, 11) is -3.53. The quantitative estimate of drug-likeness (QED) is 0.734. The van der Waals surface area contributed by atoms with Gasteiger partial charge in [0.05, 0.1) is 4.34 Å². The molecular weight excluding hydrogens is 423 g/mol. The largest absolute Gasteiger partial charge is 0.352 e. The maximum atomic E-state index is 13.2. The van der Waals surface area contributed by atoms with Gasteiger partial charge < -0.3 is 5.32 Å². The van der Waals surface area contributed by atoms with Gasteiger partial charge in [-0.3, -0.25) is 4.79 Å². The van der Waals surface area contributed by atoms with Gasteiger partial charge in [-0.2, -0.15) is 4.31 Å². The molecule has 2 heterocycles. The number of halogens is 2. The smallest absolute Gasteiger partial charge is 0.252 e. The molecule has 1 amide bonds. The van der Waals surface area contributed by atoms with Gasteiger partial charge in [0.2, 0.25) is 5.91 Å². The molecule has 1 N–H and O–H groups in total. The van der Waals surface area contributed by atoms with Crippen LogP contribution in [0.25, 0.3) is 0 Å². The van der Waals surface area contributed by atoms with Crippen LogP contribution in [0, 0.1) is 17.7 Å². The van der Waals surface area contributed by atoms with Crippen molar-refractivity contribution in [2.75, 3.05) is 13.1 Å². The molecule has 0 saturated carbocycles. The lowest BCUT2D eigenvalue weighted by molar-refractivity contribution is -0.126. The van der Waals surface area contributed by atoms with Crippen molar-refractivity contribution in [3.8, 4) is 0 Å². The van der Waals surface area contributed by atoms with Crippen LogP contribution in [0.3, 0.4) is 0 Å². The first-order valence-electron chi connectivity index (χ1n) is 9.05. The fourth-order valence-electron chi connectivity index (χ4n) is 3.39. The summed E-state index contributed by atoms with van der Waals surface area (Å²) >= 11 is 6.91. The van der Waals surface area contributed by atoms with Gasteiger partial charge in [-0.15, -0.1) is 11.3 Å². The van der Waals surface area contributed by atoms with E-state index in [1.807, 2.05) is 6.92 Å². The highest BCUT2D eigenvalue weighted by atomic mass is 35.5. The van der Waals surface area contributed by atoms with Gasteiger partial charge >= 0.3 is 0 Å². The summed E-state index contributed by atoms with van der Waals surface area (Å²) in [5.74, 6) is -0.573. The lowest BCUT2D eigenvalue weighted by Crippen LogP contribution is -2.42. The van der Waals surface area contributed by atoms with Crippen molar-refractivity contribution in [1.29, 1.82) is 0 Å². The molecule has 1 fully saturated rings. The van der Waals surface area contributed by atoms with E-state index in [9.17, 15) is 17.6 Å². The molecule has 1 aliphatic rings. The van der Waals surface area contributed by atoms with Crippen LogP contribution in [0.2, 0.25) is 4.34 Å². The Hall–Kier alpha value is -1.48. The lowest BCUT2D eigenvalue weighted by Gasteiger charge is -2.33. The Morgan fingerprint density at radius 2 is 2.04 bits per heavy atom. The van der Waals surface area contributed by atoms with E-state index < -0.39 is 10.0 Å². The number of hydrogen-bond acceptors (Lipinski definition) is 4. The molecule has 1 aliphatic heterocycles. The van der Waals surface area contributed by atoms with E-state index in [-0.39, 0.29) is 34.3 Å². The predicted molar refractivity (Wildman–Crippen MR) is 108 cm³/mol. The number of nitrogens with zero attached hydrogens (tertiary/aromatic N) is 1. The number of thiophene rings is 1. The monoisotopic (exact) mass is 444 g/mol. The number of hydrogen-bond donors (Lipinski definition) is 1. The zero-order chi connectivity index (χ0) is 20.3. The first-order chi connectivity index (χ1) is 13.3. The molecule has 0 radical (unpaired) electrons. The van der Waals surface area contributed by atoms with Crippen molar-refractivity contribution < 1.29 is 17.6 Å². The number of carbonyl (C=O) groups excluding carboxylic acids is 1. The zero-order valence-corrected chi connectivity index (χ0v) is 17.8. The van der Waals surface area contributed by atoms with Crippen LogP contribution < -0.4 is 5.32 Å². The number of carbonyl (C=O) groups is 1. The fraction of sp³-hybridized carbons (Fsp3) is 0.421. The van der Waals surface area contributed by atoms with Gasteiger partial charge in [0.1, 0.15) is 10.0 Å². The summed E-state index contributed by atoms with van der Waals surface area (Å²) in [4.78, 5) is 12.5. The summed E-state index contributed by atoms with van der Waals surface area (Å²) in [6, 6.07) is 9.23. The Morgan fingerprint density at radius 3 is 2.64 bits per heavy atom. The van der Waals surface area contributed by atoms with Crippen molar-refractivity contribution in [3.05, 3.63) is 52.1 Å². The van der Waals surface area contributed by atoms with E-state index in [1.54, 1.807) is 18.2 Å². The van der Waals surface area contributed by atoms with Crippen LogP contribution in [0.5, 0.6) is 0 Å². The van der Waals surface area contributed by atoms with Gasteiger partial charge in [-0.1, -0.05) is 30.7 Å². The second-order valence-electron chi connectivity index (χ2n) is 6.94. The molecule has 1 saturated heterocycles. The average Bonchev–Trinajstić information content (AvgIpc) is 3.13. The third-order valence-corrected chi connectivity index (χ3v) is 8.71. The van der Waals surface area contributed by atoms with Crippen molar-refractivity contribution in [3.63, 3.8) is 0 Å². The first kappa shape index (κ1) is 21.2. The molecule has 0 spiro atoms.